The molecule has 0 bridgehead atoms. The molecule has 21 heavy (non-hydrogen) atoms. The summed E-state index contributed by atoms with van der Waals surface area (Å²) in [4.78, 5) is 0.249. The Morgan fingerprint density at radius 3 is 2.38 bits per heavy atom. The van der Waals surface area contributed by atoms with Gasteiger partial charge < -0.3 is 10.5 Å². The molecule has 2 N–H and O–H groups in total. The van der Waals surface area contributed by atoms with Crippen LogP contribution in [0.3, 0.4) is 0 Å². The van der Waals surface area contributed by atoms with Crippen molar-refractivity contribution in [3.05, 3.63) is 0 Å². The number of nitrogens with two attached hydrogens (primary N) is 1. The average molecular weight is 359 g/mol. The van der Waals surface area contributed by atoms with Gasteiger partial charge in [0.25, 0.3) is 0 Å². The number of ether oxygens (including phenoxy) is 1. The van der Waals surface area contributed by atoms with Crippen LogP contribution in [0.2, 0.25) is 0 Å². The Labute approximate surface area is 131 Å². The molecule has 1 rings (SSSR count). The summed E-state index contributed by atoms with van der Waals surface area (Å²) in [5, 5.41) is -0.663. The molecule has 1 saturated heterocycles. The second kappa shape index (κ2) is 7.82. The fourth-order valence-corrected chi connectivity index (χ4v) is 5.98. The Hall–Kier alpha value is -0.290. The third-order valence-corrected chi connectivity index (χ3v) is 7.75. The van der Waals surface area contributed by atoms with Crippen LogP contribution in [-0.2, 0) is 24.6 Å². The SMILES string of the molecule is COCCN(CCC(N)=S)S(=O)(=O)C1CCS(=O)(=O)CC1. The van der Waals surface area contributed by atoms with Crippen LogP contribution in [0.25, 0.3) is 0 Å². The number of thiocarbonyl (C=S) groups is 1. The van der Waals surface area contributed by atoms with E-state index in [1.807, 2.05) is 0 Å². The van der Waals surface area contributed by atoms with Gasteiger partial charge in [-0.15, -0.1) is 0 Å². The number of nitrogens with zero attached hydrogens (tertiary/aromatic N) is 1. The molecule has 124 valence electrons. The largest absolute Gasteiger partial charge is 0.393 e. The second-order valence-electron chi connectivity index (χ2n) is 5.00. The molecule has 0 aliphatic carbocycles. The van der Waals surface area contributed by atoms with Crippen molar-refractivity contribution in [2.45, 2.75) is 24.5 Å². The predicted molar refractivity (Wildman–Crippen MR) is 85.4 cm³/mol. The van der Waals surface area contributed by atoms with Crippen molar-refractivity contribution in [2.75, 3.05) is 38.3 Å². The van der Waals surface area contributed by atoms with E-state index < -0.39 is 25.1 Å². The monoisotopic (exact) mass is 358 g/mol. The Kier molecular flexibility index (Phi) is 6.98. The van der Waals surface area contributed by atoms with Crippen LogP contribution in [0.15, 0.2) is 0 Å². The highest BCUT2D eigenvalue weighted by molar-refractivity contribution is 7.92. The van der Waals surface area contributed by atoms with E-state index in [-0.39, 0.29) is 49.0 Å². The minimum Gasteiger partial charge on any atom is -0.393 e. The van der Waals surface area contributed by atoms with Crippen LogP contribution in [0.1, 0.15) is 19.3 Å². The third kappa shape index (κ3) is 5.78. The molecule has 0 amide bonds. The van der Waals surface area contributed by atoms with Crippen molar-refractivity contribution < 1.29 is 21.6 Å². The normalized spacial score (nSPS) is 19.7. The molecule has 0 aromatic rings. The number of hydrogen-bond acceptors (Lipinski definition) is 6. The van der Waals surface area contributed by atoms with E-state index in [4.69, 9.17) is 22.7 Å². The third-order valence-electron chi connectivity index (χ3n) is 3.44. The van der Waals surface area contributed by atoms with Gasteiger partial charge in [-0.2, -0.15) is 4.31 Å². The minimum absolute atomic E-state index is 0.0791. The molecule has 0 aromatic carbocycles. The zero-order chi connectivity index (χ0) is 16.1. The molecule has 1 aliphatic heterocycles. The fraction of sp³-hybridized carbons (Fsp3) is 0.909. The molecular formula is C11H22N2O5S3. The molecule has 10 heteroatoms. The van der Waals surface area contributed by atoms with Crippen molar-refractivity contribution in [3.8, 4) is 0 Å². The van der Waals surface area contributed by atoms with Gasteiger partial charge in [-0.3, -0.25) is 0 Å². The van der Waals surface area contributed by atoms with Crippen molar-refractivity contribution in [3.63, 3.8) is 0 Å². The fourth-order valence-electron chi connectivity index (χ4n) is 2.17. The predicted octanol–water partition coefficient (Wildman–Crippen LogP) is -0.482. The number of methoxy groups -OCH3 is 1. The first kappa shape index (κ1) is 18.8. The summed E-state index contributed by atoms with van der Waals surface area (Å²) < 4.78 is 54.3. The Bertz CT molecular complexity index is 544. The number of sulfone groups is 1. The average Bonchev–Trinajstić information content (AvgIpc) is 2.37. The van der Waals surface area contributed by atoms with Gasteiger partial charge in [0.05, 0.1) is 28.4 Å². The van der Waals surface area contributed by atoms with E-state index in [1.54, 1.807) is 0 Å². The van der Waals surface area contributed by atoms with E-state index in [1.165, 1.54) is 11.4 Å². The number of rotatable bonds is 8. The van der Waals surface area contributed by atoms with E-state index in [9.17, 15) is 16.8 Å². The van der Waals surface area contributed by atoms with Crippen LogP contribution in [0.4, 0.5) is 0 Å². The lowest BCUT2D eigenvalue weighted by molar-refractivity contribution is 0.179. The van der Waals surface area contributed by atoms with Crippen LogP contribution < -0.4 is 5.73 Å². The van der Waals surface area contributed by atoms with Gasteiger partial charge in [-0.25, -0.2) is 16.8 Å². The first-order valence-electron chi connectivity index (χ1n) is 6.65. The summed E-state index contributed by atoms with van der Waals surface area (Å²) in [5.41, 5.74) is 5.43. The summed E-state index contributed by atoms with van der Waals surface area (Å²) in [6.07, 6.45) is 0.575. The Balaban J connectivity index is 2.80. The zero-order valence-electron chi connectivity index (χ0n) is 12.0. The number of hydrogen-bond donors (Lipinski definition) is 1. The molecule has 0 aromatic heterocycles. The molecule has 0 atom stereocenters. The molecule has 0 saturated carbocycles. The molecule has 0 spiro atoms. The summed E-state index contributed by atoms with van der Waals surface area (Å²) in [7, 11) is -5.17. The molecule has 1 heterocycles. The van der Waals surface area contributed by atoms with Crippen LogP contribution in [0.5, 0.6) is 0 Å². The lowest BCUT2D eigenvalue weighted by Crippen LogP contribution is -2.44. The Morgan fingerprint density at radius 2 is 1.90 bits per heavy atom. The van der Waals surface area contributed by atoms with Crippen molar-refractivity contribution in [1.82, 2.24) is 4.31 Å². The maximum Gasteiger partial charge on any atom is 0.217 e. The highest BCUT2D eigenvalue weighted by Gasteiger charge is 2.36. The first-order valence-corrected chi connectivity index (χ1v) is 10.4. The van der Waals surface area contributed by atoms with Gasteiger partial charge in [-0.1, -0.05) is 12.2 Å². The van der Waals surface area contributed by atoms with Gasteiger partial charge in [0.1, 0.15) is 9.84 Å². The summed E-state index contributed by atoms with van der Waals surface area (Å²) >= 11 is 4.78. The molecule has 1 fully saturated rings. The van der Waals surface area contributed by atoms with Gasteiger partial charge >= 0.3 is 0 Å². The van der Waals surface area contributed by atoms with Crippen molar-refractivity contribution >= 4 is 37.1 Å². The van der Waals surface area contributed by atoms with Crippen LogP contribution in [-0.4, -0.2) is 69.7 Å². The molecule has 7 nitrogen and oxygen atoms in total. The molecule has 0 radical (unpaired) electrons. The highest BCUT2D eigenvalue weighted by atomic mass is 32.2. The van der Waals surface area contributed by atoms with E-state index in [2.05, 4.69) is 0 Å². The standard InChI is InChI=1S/C11H22N2O5S3/c1-18-7-6-13(5-2-11(12)19)21(16,17)10-3-8-20(14,15)9-4-10/h10H,2-9H2,1H3,(H2,12,19). The molecular weight excluding hydrogens is 336 g/mol. The topological polar surface area (TPSA) is 107 Å². The highest BCUT2D eigenvalue weighted by Crippen LogP contribution is 2.22. The summed E-state index contributed by atoms with van der Waals surface area (Å²) in [6, 6.07) is 0. The van der Waals surface area contributed by atoms with Crippen LogP contribution >= 0.6 is 12.2 Å². The van der Waals surface area contributed by atoms with Crippen LogP contribution in [0, 0.1) is 0 Å². The van der Waals surface area contributed by atoms with E-state index >= 15 is 0 Å². The molecule has 0 unspecified atom stereocenters. The van der Waals surface area contributed by atoms with E-state index in [0.29, 0.717) is 6.42 Å². The van der Waals surface area contributed by atoms with Gasteiger partial charge in [0, 0.05) is 26.6 Å². The minimum atomic E-state index is -3.57. The van der Waals surface area contributed by atoms with E-state index in [0.717, 1.165) is 0 Å². The maximum atomic E-state index is 12.6. The van der Waals surface area contributed by atoms with Gasteiger partial charge in [0.15, 0.2) is 0 Å². The van der Waals surface area contributed by atoms with Crippen molar-refractivity contribution in [2.24, 2.45) is 5.73 Å². The Morgan fingerprint density at radius 1 is 1.33 bits per heavy atom. The quantitative estimate of drug-likeness (QED) is 0.584. The van der Waals surface area contributed by atoms with Crippen molar-refractivity contribution in [1.29, 1.82) is 0 Å². The summed E-state index contributed by atoms with van der Waals surface area (Å²) in [6.45, 7) is 0.677. The lowest BCUT2D eigenvalue weighted by Gasteiger charge is -2.29. The second-order valence-corrected chi connectivity index (χ2v) is 10.0. The van der Waals surface area contributed by atoms with Gasteiger partial charge in [0.2, 0.25) is 10.0 Å². The maximum absolute atomic E-state index is 12.6. The van der Waals surface area contributed by atoms with Gasteiger partial charge in [-0.05, 0) is 12.8 Å². The molecule has 1 aliphatic rings. The summed E-state index contributed by atoms with van der Waals surface area (Å²) in [5.74, 6) is -0.158. The zero-order valence-corrected chi connectivity index (χ0v) is 14.5. The number of sulfonamides is 1. The lowest BCUT2D eigenvalue weighted by atomic mass is 10.2. The smallest absolute Gasteiger partial charge is 0.217 e. The first-order chi connectivity index (χ1) is 9.69.